The number of carbonyl (C=O) groups excluding carboxylic acids is 1. The zero-order valence-corrected chi connectivity index (χ0v) is 15.5. The summed E-state index contributed by atoms with van der Waals surface area (Å²) in [5.74, 6) is 1.54. The lowest BCUT2D eigenvalue weighted by atomic mass is 10.0. The van der Waals surface area contributed by atoms with Gasteiger partial charge in [-0.2, -0.15) is 5.10 Å². The molecule has 0 fully saturated rings. The Morgan fingerprint density at radius 2 is 1.89 bits per heavy atom. The average Bonchev–Trinajstić information content (AvgIpc) is 3.19. The molecular weight excluding hydrogens is 350 g/mol. The predicted molar refractivity (Wildman–Crippen MR) is 107 cm³/mol. The predicted octanol–water partition coefficient (Wildman–Crippen LogP) is 3.71. The van der Waals surface area contributed by atoms with Gasteiger partial charge in [0.2, 0.25) is 0 Å². The van der Waals surface area contributed by atoms with Crippen molar-refractivity contribution in [1.29, 1.82) is 0 Å². The minimum Gasteiger partial charge on any atom is -0.327 e. The third kappa shape index (κ3) is 2.65. The summed E-state index contributed by atoms with van der Waals surface area (Å²) >= 11 is 0. The van der Waals surface area contributed by atoms with Gasteiger partial charge in [0.15, 0.2) is 5.82 Å². The number of pyridine rings is 1. The molecule has 0 N–H and O–H groups in total. The number of aromatic nitrogens is 4. The second kappa shape index (κ2) is 6.56. The van der Waals surface area contributed by atoms with Crippen LogP contribution in [0.25, 0.3) is 22.2 Å². The van der Waals surface area contributed by atoms with Crippen molar-refractivity contribution in [3.63, 3.8) is 0 Å². The van der Waals surface area contributed by atoms with Crippen LogP contribution in [0.3, 0.4) is 0 Å². The van der Waals surface area contributed by atoms with E-state index in [9.17, 15) is 4.79 Å². The Bertz CT molecular complexity index is 1160. The van der Waals surface area contributed by atoms with E-state index in [0.717, 1.165) is 22.2 Å². The summed E-state index contributed by atoms with van der Waals surface area (Å²) < 4.78 is 1.92. The topological polar surface area (TPSA) is 63.9 Å². The van der Waals surface area contributed by atoms with Gasteiger partial charge in [-0.15, -0.1) is 0 Å². The van der Waals surface area contributed by atoms with Crippen molar-refractivity contribution in [2.75, 3.05) is 6.54 Å². The fourth-order valence-corrected chi connectivity index (χ4v) is 3.81. The van der Waals surface area contributed by atoms with Crippen molar-refractivity contribution >= 4 is 16.7 Å². The van der Waals surface area contributed by atoms with Gasteiger partial charge in [-0.1, -0.05) is 42.5 Å². The highest BCUT2D eigenvalue weighted by atomic mass is 16.2. The maximum atomic E-state index is 13.4. The van der Waals surface area contributed by atoms with Crippen molar-refractivity contribution in [2.24, 2.45) is 0 Å². The number of hydrogen-bond donors (Lipinski definition) is 0. The van der Waals surface area contributed by atoms with Crippen LogP contribution >= 0.6 is 0 Å². The van der Waals surface area contributed by atoms with Crippen LogP contribution in [-0.2, 0) is 6.54 Å². The lowest BCUT2D eigenvalue weighted by molar-refractivity contribution is 0.0633. The summed E-state index contributed by atoms with van der Waals surface area (Å²) in [6, 6.07) is 17.4. The first-order chi connectivity index (χ1) is 13.7. The molecule has 1 atom stereocenters. The Morgan fingerprint density at radius 1 is 1.04 bits per heavy atom. The summed E-state index contributed by atoms with van der Waals surface area (Å²) in [4.78, 5) is 24.1. The van der Waals surface area contributed by atoms with Crippen LogP contribution in [0, 0.1) is 0 Å². The Hall–Kier alpha value is -3.54. The first-order valence-electron chi connectivity index (χ1n) is 9.36. The van der Waals surface area contributed by atoms with Gasteiger partial charge in [-0.05, 0) is 24.4 Å². The molecule has 0 unspecified atom stereocenters. The van der Waals surface area contributed by atoms with Crippen LogP contribution in [0.1, 0.15) is 29.1 Å². The van der Waals surface area contributed by atoms with Crippen molar-refractivity contribution in [3.8, 4) is 11.4 Å². The zero-order chi connectivity index (χ0) is 19.1. The summed E-state index contributed by atoms with van der Waals surface area (Å²) in [5.41, 5.74) is 1.68. The molecule has 6 heteroatoms. The van der Waals surface area contributed by atoms with Gasteiger partial charge in [-0.3, -0.25) is 9.78 Å². The van der Waals surface area contributed by atoms with Crippen molar-refractivity contribution in [1.82, 2.24) is 24.6 Å². The zero-order valence-electron chi connectivity index (χ0n) is 15.5. The molecule has 0 spiro atoms. The van der Waals surface area contributed by atoms with E-state index < -0.39 is 0 Å². The van der Waals surface area contributed by atoms with Gasteiger partial charge in [0, 0.05) is 35.5 Å². The third-order valence-corrected chi connectivity index (χ3v) is 5.30. The van der Waals surface area contributed by atoms with E-state index in [2.05, 4.69) is 10.1 Å². The molecule has 6 nitrogen and oxygen atoms in total. The number of hydrogen-bond acceptors (Lipinski definition) is 4. The molecule has 0 saturated carbocycles. The number of carbonyl (C=O) groups is 1. The van der Waals surface area contributed by atoms with Crippen molar-refractivity contribution < 1.29 is 4.79 Å². The van der Waals surface area contributed by atoms with E-state index in [0.29, 0.717) is 24.5 Å². The minimum absolute atomic E-state index is 0.0137. The van der Waals surface area contributed by atoms with E-state index >= 15 is 0 Å². The van der Waals surface area contributed by atoms with E-state index in [1.54, 1.807) is 12.4 Å². The molecule has 0 aliphatic carbocycles. The van der Waals surface area contributed by atoms with E-state index in [-0.39, 0.29) is 11.9 Å². The number of rotatable bonds is 2. The number of nitrogens with zero attached hydrogens (tertiary/aromatic N) is 5. The van der Waals surface area contributed by atoms with Crippen molar-refractivity contribution in [2.45, 2.75) is 19.5 Å². The molecule has 5 rings (SSSR count). The molecule has 2 aromatic heterocycles. The van der Waals surface area contributed by atoms with Crippen LogP contribution in [-0.4, -0.2) is 37.1 Å². The average molecular weight is 369 g/mol. The van der Waals surface area contributed by atoms with Gasteiger partial charge in [0.05, 0.1) is 12.6 Å². The molecule has 0 radical (unpaired) electrons. The van der Waals surface area contributed by atoms with Gasteiger partial charge in [0.25, 0.3) is 5.91 Å². The lowest BCUT2D eigenvalue weighted by Crippen LogP contribution is -2.41. The SMILES string of the molecule is C[C@H]1c2nc(-c3ccccc3)nn2CCN1C(=O)c1cccc2cnccc12. The molecule has 0 saturated heterocycles. The summed E-state index contributed by atoms with van der Waals surface area (Å²) in [5, 5.41) is 6.54. The summed E-state index contributed by atoms with van der Waals surface area (Å²) in [6.45, 7) is 3.25. The highest BCUT2D eigenvalue weighted by Gasteiger charge is 2.31. The van der Waals surface area contributed by atoms with E-state index in [1.807, 2.05) is 71.1 Å². The fraction of sp³-hybridized carbons (Fsp3) is 0.182. The Balaban J connectivity index is 1.50. The molecule has 1 aliphatic rings. The second-order valence-electron chi connectivity index (χ2n) is 6.96. The Labute approximate surface area is 162 Å². The van der Waals surface area contributed by atoms with E-state index in [4.69, 9.17) is 4.98 Å². The van der Waals surface area contributed by atoms with Gasteiger partial charge < -0.3 is 4.90 Å². The Kier molecular flexibility index (Phi) is 3.90. The molecule has 138 valence electrons. The lowest BCUT2D eigenvalue weighted by Gasteiger charge is -2.33. The minimum atomic E-state index is -0.150. The first-order valence-corrected chi connectivity index (χ1v) is 9.36. The number of benzene rings is 2. The molecule has 28 heavy (non-hydrogen) atoms. The maximum absolute atomic E-state index is 13.4. The molecule has 1 aliphatic heterocycles. The molecule has 1 amide bonds. The largest absolute Gasteiger partial charge is 0.327 e. The Morgan fingerprint density at radius 3 is 2.75 bits per heavy atom. The molecule has 4 aromatic rings. The summed E-state index contributed by atoms with van der Waals surface area (Å²) in [7, 11) is 0. The number of amides is 1. The van der Waals surface area contributed by atoms with Crippen LogP contribution in [0.5, 0.6) is 0 Å². The third-order valence-electron chi connectivity index (χ3n) is 5.30. The molecular formula is C22H19N5O. The van der Waals surface area contributed by atoms with E-state index in [1.165, 1.54) is 0 Å². The highest BCUT2D eigenvalue weighted by molar-refractivity contribution is 6.06. The van der Waals surface area contributed by atoms with Crippen molar-refractivity contribution in [3.05, 3.63) is 78.4 Å². The smallest absolute Gasteiger partial charge is 0.255 e. The van der Waals surface area contributed by atoms with Crippen LogP contribution in [0.15, 0.2) is 67.0 Å². The standard InChI is InChI=1S/C22H19N5O/c1-15-21-24-20(16-6-3-2-4-7-16)25-27(21)13-12-26(15)22(28)19-9-5-8-17-14-23-11-10-18(17)19/h2-11,14-15H,12-13H2,1H3/t15-/m0/s1. The monoisotopic (exact) mass is 369 g/mol. The molecule has 3 heterocycles. The van der Waals surface area contributed by atoms with Crippen LogP contribution in [0.4, 0.5) is 0 Å². The van der Waals surface area contributed by atoms with Crippen LogP contribution < -0.4 is 0 Å². The van der Waals surface area contributed by atoms with Crippen LogP contribution in [0.2, 0.25) is 0 Å². The quantitative estimate of drug-likeness (QED) is 0.540. The second-order valence-corrected chi connectivity index (χ2v) is 6.96. The molecule has 0 bridgehead atoms. The molecule has 2 aromatic carbocycles. The first kappa shape index (κ1) is 16.6. The van der Waals surface area contributed by atoms with Gasteiger partial charge in [-0.25, -0.2) is 9.67 Å². The normalized spacial score (nSPS) is 16.2. The highest BCUT2D eigenvalue weighted by Crippen LogP contribution is 2.29. The summed E-state index contributed by atoms with van der Waals surface area (Å²) in [6.07, 6.45) is 3.51. The fourth-order valence-electron chi connectivity index (χ4n) is 3.81. The maximum Gasteiger partial charge on any atom is 0.255 e. The van der Waals surface area contributed by atoms with Gasteiger partial charge >= 0.3 is 0 Å². The van der Waals surface area contributed by atoms with Gasteiger partial charge in [0.1, 0.15) is 5.82 Å². The number of fused-ring (bicyclic) bond motifs is 2.